The summed E-state index contributed by atoms with van der Waals surface area (Å²) in [6, 6.07) is 7.32. The van der Waals surface area contributed by atoms with Crippen molar-refractivity contribution >= 4 is 11.0 Å². The smallest absolute Gasteiger partial charge is 0.204 e. The van der Waals surface area contributed by atoms with Gasteiger partial charge >= 0.3 is 0 Å². The first-order valence-corrected chi connectivity index (χ1v) is 7.67. The zero-order valence-electron chi connectivity index (χ0n) is 13.4. The van der Waals surface area contributed by atoms with Gasteiger partial charge in [0.2, 0.25) is 5.43 Å². The molecule has 0 bridgehead atoms. The fraction of sp³-hybridized carbons (Fsp3) is 0.211. The lowest BCUT2D eigenvalue weighted by molar-refractivity contribution is 0.442. The molecule has 0 amide bonds. The number of hydrogen-bond acceptors (Lipinski definition) is 5. The van der Waals surface area contributed by atoms with E-state index in [2.05, 4.69) is 0 Å². The molecule has 0 saturated carbocycles. The lowest BCUT2D eigenvalue weighted by Gasteiger charge is -2.12. The molecule has 3 N–H and O–H groups in total. The molecule has 0 aliphatic carbocycles. The Morgan fingerprint density at radius 1 is 1.04 bits per heavy atom. The van der Waals surface area contributed by atoms with Gasteiger partial charge in [0.15, 0.2) is 0 Å². The van der Waals surface area contributed by atoms with E-state index in [1.165, 1.54) is 24.5 Å². The van der Waals surface area contributed by atoms with E-state index >= 15 is 0 Å². The predicted molar refractivity (Wildman–Crippen MR) is 91.5 cm³/mol. The minimum absolute atomic E-state index is 0.0500. The summed E-state index contributed by atoms with van der Waals surface area (Å²) in [4.78, 5) is 12.8. The molecule has 1 aromatic heterocycles. The maximum Gasteiger partial charge on any atom is 0.204 e. The van der Waals surface area contributed by atoms with E-state index < -0.39 is 0 Å². The van der Waals surface area contributed by atoms with Crippen LogP contribution >= 0.6 is 0 Å². The summed E-state index contributed by atoms with van der Waals surface area (Å²) in [5.74, 6) is -0.0692. The number of aromatic hydroxyl groups is 3. The van der Waals surface area contributed by atoms with Crippen molar-refractivity contribution in [1.29, 1.82) is 0 Å². The second kappa shape index (κ2) is 5.92. The predicted octanol–water partition coefficient (Wildman–Crippen LogP) is 3.78. The molecule has 5 heteroatoms. The van der Waals surface area contributed by atoms with Crippen LogP contribution in [0.3, 0.4) is 0 Å². The summed E-state index contributed by atoms with van der Waals surface area (Å²) in [5, 5.41) is 29.7. The van der Waals surface area contributed by atoms with E-state index in [4.69, 9.17) is 4.42 Å². The molecule has 0 aliphatic heterocycles. The number of hydrogen-bond donors (Lipinski definition) is 3. The van der Waals surface area contributed by atoms with Gasteiger partial charge in [-0.2, -0.15) is 0 Å². The largest absolute Gasteiger partial charge is 0.508 e. The summed E-state index contributed by atoms with van der Waals surface area (Å²) < 4.78 is 5.62. The van der Waals surface area contributed by atoms with Crippen LogP contribution < -0.4 is 5.43 Å². The van der Waals surface area contributed by atoms with Crippen LogP contribution in [0.2, 0.25) is 0 Å². The normalized spacial score (nSPS) is 11.3. The lowest BCUT2D eigenvalue weighted by Crippen LogP contribution is -2.07. The van der Waals surface area contributed by atoms with Crippen LogP contribution in [0.25, 0.3) is 22.1 Å². The lowest BCUT2D eigenvalue weighted by atomic mass is 9.97. The topological polar surface area (TPSA) is 90.9 Å². The van der Waals surface area contributed by atoms with Crippen molar-refractivity contribution in [3.63, 3.8) is 0 Å². The SMILES string of the molecule is CC(C)Cc1c(O)cc(O)c2c(=O)c(-c3ccc(O)cc3)coc12. The fourth-order valence-corrected chi connectivity index (χ4v) is 2.77. The number of phenols is 3. The molecule has 3 rings (SSSR count). The van der Waals surface area contributed by atoms with E-state index in [1.807, 2.05) is 13.8 Å². The molecule has 1 heterocycles. The van der Waals surface area contributed by atoms with Gasteiger partial charge in [-0.15, -0.1) is 0 Å². The molecule has 5 nitrogen and oxygen atoms in total. The van der Waals surface area contributed by atoms with Crippen molar-refractivity contribution in [2.75, 3.05) is 0 Å². The van der Waals surface area contributed by atoms with Gasteiger partial charge in [-0.1, -0.05) is 26.0 Å². The third-order valence-electron chi connectivity index (χ3n) is 3.90. The van der Waals surface area contributed by atoms with Crippen molar-refractivity contribution in [2.24, 2.45) is 5.92 Å². The summed E-state index contributed by atoms with van der Waals surface area (Å²) in [5.41, 5.74) is 1.17. The van der Waals surface area contributed by atoms with Crippen molar-refractivity contribution in [3.05, 3.63) is 52.4 Å². The zero-order valence-corrected chi connectivity index (χ0v) is 13.4. The number of fused-ring (bicyclic) bond motifs is 1. The highest BCUT2D eigenvalue weighted by Crippen LogP contribution is 2.35. The third kappa shape index (κ3) is 2.69. The molecule has 0 atom stereocenters. The molecular formula is C19H18O5. The van der Waals surface area contributed by atoms with Crippen LogP contribution in [0.5, 0.6) is 17.2 Å². The zero-order chi connectivity index (χ0) is 17.4. The molecule has 0 saturated heterocycles. The second-order valence-corrected chi connectivity index (χ2v) is 6.22. The summed E-state index contributed by atoms with van der Waals surface area (Å²) in [7, 11) is 0. The minimum atomic E-state index is -0.385. The van der Waals surface area contributed by atoms with Crippen LogP contribution in [0.1, 0.15) is 19.4 Å². The summed E-state index contributed by atoms with van der Waals surface area (Å²) in [6.45, 7) is 3.97. The molecule has 0 unspecified atom stereocenters. The van der Waals surface area contributed by atoms with Crippen molar-refractivity contribution in [2.45, 2.75) is 20.3 Å². The van der Waals surface area contributed by atoms with Crippen molar-refractivity contribution in [1.82, 2.24) is 0 Å². The van der Waals surface area contributed by atoms with Gasteiger partial charge in [0.05, 0.1) is 5.56 Å². The van der Waals surface area contributed by atoms with Gasteiger partial charge < -0.3 is 19.7 Å². The quantitative estimate of drug-likeness (QED) is 0.681. The maximum atomic E-state index is 12.8. The molecule has 2 aromatic carbocycles. The molecule has 24 heavy (non-hydrogen) atoms. The molecule has 3 aromatic rings. The van der Waals surface area contributed by atoms with E-state index in [9.17, 15) is 20.1 Å². The summed E-state index contributed by atoms with van der Waals surface area (Å²) >= 11 is 0. The number of rotatable bonds is 3. The first-order chi connectivity index (χ1) is 11.4. The third-order valence-corrected chi connectivity index (χ3v) is 3.90. The molecule has 124 valence electrons. The van der Waals surface area contributed by atoms with E-state index in [0.29, 0.717) is 17.5 Å². The monoisotopic (exact) mass is 326 g/mol. The number of benzene rings is 2. The Labute approximate surface area is 138 Å². The van der Waals surface area contributed by atoms with Gasteiger partial charge in [-0.05, 0) is 30.0 Å². The van der Waals surface area contributed by atoms with Gasteiger partial charge in [0.25, 0.3) is 0 Å². The Balaban J connectivity index is 2.29. The molecule has 0 aliphatic rings. The Morgan fingerprint density at radius 3 is 2.33 bits per heavy atom. The molecular weight excluding hydrogens is 308 g/mol. The molecule has 0 spiro atoms. The van der Waals surface area contributed by atoms with Gasteiger partial charge in [0, 0.05) is 11.6 Å². The van der Waals surface area contributed by atoms with Crippen molar-refractivity contribution < 1.29 is 19.7 Å². The molecule has 0 radical (unpaired) electrons. The average molecular weight is 326 g/mol. The second-order valence-electron chi connectivity index (χ2n) is 6.22. The average Bonchev–Trinajstić information content (AvgIpc) is 2.52. The number of phenolic OH excluding ortho intramolecular Hbond substituents is 3. The van der Waals surface area contributed by atoms with Gasteiger partial charge in [-0.3, -0.25) is 4.79 Å². The van der Waals surface area contributed by atoms with Gasteiger partial charge in [0.1, 0.15) is 34.5 Å². The fourth-order valence-electron chi connectivity index (χ4n) is 2.77. The maximum absolute atomic E-state index is 12.8. The van der Waals surface area contributed by atoms with Crippen LogP contribution in [0.4, 0.5) is 0 Å². The Bertz CT molecular complexity index is 952. The highest BCUT2D eigenvalue weighted by atomic mass is 16.3. The van der Waals surface area contributed by atoms with Crippen LogP contribution in [-0.4, -0.2) is 15.3 Å². The van der Waals surface area contributed by atoms with Crippen LogP contribution in [-0.2, 0) is 6.42 Å². The minimum Gasteiger partial charge on any atom is -0.508 e. The van der Waals surface area contributed by atoms with Gasteiger partial charge in [-0.25, -0.2) is 0 Å². The van der Waals surface area contributed by atoms with Crippen LogP contribution in [0.15, 0.2) is 45.8 Å². The van der Waals surface area contributed by atoms with E-state index in [0.717, 1.165) is 0 Å². The van der Waals surface area contributed by atoms with E-state index in [-0.39, 0.29) is 45.1 Å². The Morgan fingerprint density at radius 2 is 1.71 bits per heavy atom. The highest BCUT2D eigenvalue weighted by molar-refractivity contribution is 5.90. The Hall–Kier alpha value is -2.95. The standard InChI is InChI=1S/C19H18O5/c1-10(2)7-13-15(21)8-16(22)17-18(23)14(9-24-19(13)17)11-3-5-12(20)6-4-11/h3-6,8-10,20-22H,7H2,1-2H3. The van der Waals surface area contributed by atoms with Crippen molar-refractivity contribution in [3.8, 4) is 28.4 Å². The summed E-state index contributed by atoms with van der Waals surface area (Å²) in [6.07, 6.45) is 1.84. The van der Waals surface area contributed by atoms with Crippen LogP contribution in [0, 0.1) is 5.92 Å². The highest BCUT2D eigenvalue weighted by Gasteiger charge is 2.19. The Kier molecular flexibility index (Phi) is 3.93. The van der Waals surface area contributed by atoms with E-state index in [1.54, 1.807) is 12.1 Å². The first-order valence-electron chi connectivity index (χ1n) is 7.67. The first kappa shape index (κ1) is 15.9. The molecule has 0 fully saturated rings.